The molecule has 2 rings (SSSR count). The molecule has 0 atom stereocenters. The fraction of sp³-hybridized carbons (Fsp3) is 0.429. The molecule has 0 fully saturated rings. The molecule has 7 nitrogen and oxygen atoms in total. The lowest BCUT2D eigenvalue weighted by molar-refractivity contribution is -0.147. The van der Waals surface area contributed by atoms with Crippen LogP contribution in [0.1, 0.15) is 13.3 Å². The molecule has 0 N–H and O–H groups in total. The Morgan fingerprint density at radius 1 is 1.18 bits per heavy atom. The largest absolute Gasteiger partial charge is 0.486 e. The average Bonchev–Trinajstić information content (AvgIpc) is 2.50. The van der Waals surface area contributed by atoms with E-state index in [4.69, 9.17) is 9.47 Å². The molecule has 1 aromatic carbocycles. The number of rotatable bonds is 6. The second-order valence-corrected chi connectivity index (χ2v) is 6.85. The monoisotopic (exact) mass is 328 g/mol. The number of Topliss-reactive ketones (excluding diaryl/α,β-unsaturated/α-hetero) is 1. The zero-order valence-electron chi connectivity index (χ0n) is 12.0. The summed E-state index contributed by atoms with van der Waals surface area (Å²) in [6.45, 7) is 1.71. The van der Waals surface area contributed by atoms with Crippen molar-refractivity contribution in [2.75, 3.05) is 25.6 Å². The smallest absolute Gasteiger partial charge is 0.307 e. The summed E-state index contributed by atoms with van der Waals surface area (Å²) in [5.74, 6) is -0.569. The lowest BCUT2D eigenvalue weighted by Gasteiger charge is -2.18. The lowest BCUT2D eigenvalue weighted by Crippen LogP contribution is -2.17. The van der Waals surface area contributed by atoms with Gasteiger partial charge in [-0.05, 0) is 19.1 Å². The van der Waals surface area contributed by atoms with E-state index in [0.717, 1.165) is 0 Å². The summed E-state index contributed by atoms with van der Waals surface area (Å²) in [7, 11) is -3.65. The Bertz CT molecular complexity index is 678. The first-order valence-corrected chi connectivity index (χ1v) is 8.31. The number of carbonyl (C=O) groups is 2. The molecule has 0 unspecified atom stereocenters. The van der Waals surface area contributed by atoms with Crippen LogP contribution in [-0.4, -0.2) is 45.7 Å². The Hall–Kier alpha value is -2.09. The molecule has 0 bridgehead atoms. The van der Waals surface area contributed by atoms with Crippen molar-refractivity contribution in [3.63, 3.8) is 0 Å². The second-order valence-electron chi connectivity index (χ2n) is 4.74. The number of sulfone groups is 1. The number of ether oxygens (including phenoxy) is 3. The molecule has 0 saturated heterocycles. The molecule has 0 saturated carbocycles. The van der Waals surface area contributed by atoms with Gasteiger partial charge in [0.15, 0.2) is 27.1 Å². The van der Waals surface area contributed by atoms with Gasteiger partial charge in [-0.25, -0.2) is 8.42 Å². The van der Waals surface area contributed by atoms with Crippen molar-refractivity contribution in [2.45, 2.75) is 18.2 Å². The molecule has 0 aromatic heterocycles. The molecule has 1 aliphatic heterocycles. The summed E-state index contributed by atoms with van der Waals surface area (Å²) in [6, 6.07) is 4.31. The van der Waals surface area contributed by atoms with Crippen LogP contribution in [0.4, 0.5) is 0 Å². The summed E-state index contributed by atoms with van der Waals surface area (Å²) in [5.41, 5.74) is 0. The van der Waals surface area contributed by atoms with E-state index in [9.17, 15) is 18.0 Å². The number of hydrogen-bond acceptors (Lipinski definition) is 7. The van der Waals surface area contributed by atoms with Crippen molar-refractivity contribution in [3.8, 4) is 11.5 Å². The quantitative estimate of drug-likeness (QED) is 0.711. The molecular weight excluding hydrogens is 312 g/mol. The highest BCUT2D eigenvalue weighted by molar-refractivity contribution is 7.91. The van der Waals surface area contributed by atoms with Gasteiger partial charge in [0.1, 0.15) is 19.8 Å². The Morgan fingerprint density at radius 2 is 1.86 bits per heavy atom. The molecule has 0 spiro atoms. The maximum Gasteiger partial charge on any atom is 0.307 e. The van der Waals surface area contributed by atoms with Crippen LogP contribution in [0.15, 0.2) is 23.1 Å². The van der Waals surface area contributed by atoms with Crippen molar-refractivity contribution in [1.82, 2.24) is 0 Å². The van der Waals surface area contributed by atoms with Crippen molar-refractivity contribution in [3.05, 3.63) is 18.2 Å². The predicted molar refractivity (Wildman–Crippen MR) is 75.7 cm³/mol. The van der Waals surface area contributed by atoms with Crippen molar-refractivity contribution in [1.29, 1.82) is 0 Å². The summed E-state index contributed by atoms with van der Waals surface area (Å²) in [4.78, 5) is 22.1. The average molecular weight is 328 g/mol. The van der Waals surface area contributed by atoms with Gasteiger partial charge < -0.3 is 14.2 Å². The zero-order valence-corrected chi connectivity index (χ0v) is 12.9. The van der Waals surface area contributed by atoms with Gasteiger partial charge >= 0.3 is 5.97 Å². The Balaban J connectivity index is 2.01. The summed E-state index contributed by atoms with van der Waals surface area (Å²) < 4.78 is 39.7. The predicted octanol–water partition coefficient (Wildman–Crippen LogP) is 0.754. The minimum absolute atomic E-state index is 0.0520. The van der Waals surface area contributed by atoms with Crippen LogP contribution in [0.25, 0.3) is 0 Å². The molecule has 0 radical (unpaired) electrons. The first kappa shape index (κ1) is 16.3. The topological polar surface area (TPSA) is 96.0 Å². The second kappa shape index (κ2) is 6.78. The summed E-state index contributed by atoms with van der Waals surface area (Å²) in [6.07, 6.45) is -0.315. The van der Waals surface area contributed by atoms with E-state index in [1.54, 1.807) is 0 Å². The Labute approximate surface area is 128 Å². The number of hydrogen-bond donors (Lipinski definition) is 0. The van der Waals surface area contributed by atoms with Crippen molar-refractivity contribution < 1.29 is 32.2 Å². The van der Waals surface area contributed by atoms with E-state index in [2.05, 4.69) is 4.74 Å². The van der Waals surface area contributed by atoms with Gasteiger partial charge in [0.25, 0.3) is 0 Å². The van der Waals surface area contributed by atoms with Crippen molar-refractivity contribution in [2.24, 2.45) is 0 Å². The third kappa shape index (κ3) is 4.20. The van der Waals surface area contributed by atoms with Crippen LogP contribution in [0.3, 0.4) is 0 Å². The summed E-state index contributed by atoms with van der Waals surface area (Å²) >= 11 is 0. The molecule has 1 aliphatic rings. The zero-order chi connectivity index (χ0) is 16.2. The van der Waals surface area contributed by atoms with Crippen LogP contribution in [0.2, 0.25) is 0 Å². The van der Waals surface area contributed by atoms with Crippen molar-refractivity contribution >= 4 is 21.6 Å². The third-order valence-electron chi connectivity index (χ3n) is 2.88. The van der Waals surface area contributed by atoms with Gasteiger partial charge in [-0.3, -0.25) is 9.59 Å². The number of esters is 1. The molecule has 22 heavy (non-hydrogen) atoms. The number of fused-ring (bicyclic) bond motifs is 1. The van der Waals surface area contributed by atoms with E-state index in [-0.39, 0.29) is 23.7 Å². The molecular formula is C14H16O7S. The van der Waals surface area contributed by atoms with Crippen LogP contribution in [-0.2, 0) is 24.2 Å². The Morgan fingerprint density at radius 3 is 2.55 bits per heavy atom. The van der Waals surface area contributed by atoms with Crippen LogP contribution in [0.5, 0.6) is 11.5 Å². The minimum Gasteiger partial charge on any atom is -0.486 e. The normalized spacial score (nSPS) is 13.5. The molecule has 8 heteroatoms. The van der Waals surface area contributed by atoms with E-state index in [0.29, 0.717) is 24.7 Å². The van der Waals surface area contributed by atoms with Gasteiger partial charge in [-0.2, -0.15) is 0 Å². The van der Waals surface area contributed by atoms with E-state index >= 15 is 0 Å². The van der Waals surface area contributed by atoms with Gasteiger partial charge in [0, 0.05) is 6.07 Å². The summed E-state index contributed by atoms with van der Waals surface area (Å²) in [5, 5.41) is 0. The minimum atomic E-state index is -3.65. The SMILES string of the molecule is CC(=O)COC(=O)CCS(=O)(=O)c1ccc2c(c1)OCCO2. The van der Waals surface area contributed by atoms with Gasteiger partial charge in [0.2, 0.25) is 0 Å². The maximum atomic E-state index is 12.2. The highest BCUT2D eigenvalue weighted by Gasteiger charge is 2.21. The first-order chi connectivity index (χ1) is 10.4. The number of ketones is 1. The van der Waals surface area contributed by atoms with Crippen LogP contribution in [0, 0.1) is 0 Å². The third-order valence-corrected chi connectivity index (χ3v) is 4.60. The van der Waals surface area contributed by atoms with Crippen LogP contribution < -0.4 is 9.47 Å². The Kier molecular flexibility index (Phi) is 5.02. The first-order valence-electron chi connectivity index (χ1n) is 6.66. The fourth-order valence-electron chi connectivity index (χ4n) is 1.81. The lowest BCUT2D eigenvalue weighted by atomic mass is 10.3. The van der Waals surface area contributed by atoms with E-state index in [1.165, 1.54) is 25.1 Å². The van der Waals surface area contributed by atoms with E-state index < -0.39 is 21.6 Å². The van der Waals surface area contributed by atoms with Gasteiger partial charge in [-0.15, -0.1) is 0 Å². The standard InChI is InChI=1S/C14H16O7S/c1-10(15)9-21-14(16)4-7-22(17,18)11-2-3-12-13(8-11)20-6-5-19-12/h2-3,8H,4-7,9H2,1H3. The maximum absolute atomic E-state index is 12.2. The highest BCUT2D eigenvalue weighted by atomic mass is 32.2. The van der Waals surface area contributed by atoms with Gasteiger partial charge in [0.05, 0.1) is 17.1 Å². The molecule has 0 aliphatic carbocycles. The molecule has 1 heterocycles. The highest BCUT2D eigenvalue weighted by Crippen LogP contribution is 2.32. The molecule has 120 valence electrons. The number of carbonyl (C=O) groups excluding carboxylic acids is 2. The van der Waals surface area contributed by atoms with Crippen LogP contribution >= 0.6 is 0 Å². The molecule has 0 amide bonds. The fourth-order valence-corrected chi connectivity index (χ4v) is 3.04. The number of benzene rings is 1. The molecule has 1 aromatic rings. The van der Waals surface area contributed by atoms with Gasteiger partial charge in [-0.1, -0.05) is 0 Å². The van der Waals surface area contributed by atoms with E-state index in [1.807, 2.05) is 0 Å².